The summed E-state index contributed by atoms with van der Waals surface area (Å²) in [6, 6.07) is 0.412. The average Bonchev–Trinajstić information content (AvgIpc) is 2.20. The lowest BCUT2D eigenvalue weighted by Gasteiger charge is -2.47. The second kappa shape index (κ2) is 6.73. The van der Waals surface area contributed by atoms with Crippen molar-refractivity contribution >= 4 is 24.8 Å². The van der Waals surface area contributed by atoms with Crippen molar-refractivity contribution in [2.45, 2.75) is 64.8 Å². The molecule has 0 saturated heterocycles. The number of hydrogen-bond acceptors (Lipinski definition) is 4. The molecule has 0 radical (unpaired) electrons. The number of halogens is 2. The van der Waals surface area contributed by atoms with Gasteiger partial charge < -0.3 is 21.7 Å². The Balaban J connectivity index is 0. The summed E-state index contributed by atoms with van der Waals surface area (Å²) in [6.07, 6.45) is 1.20. The molecular weight excluding hydrogens is 275 g/mol. The van der Waals surface area contributed by atoms with E-state index in [2.05, 4.69) is 0 Å². The number of nitrogens with two attached hydrogens (primary N) is 2. The Bertz CT molecular complexity index is 216. The van der Waals surface area contributed by atoms with E-state index in [0.29, 0.717) is 0 Å². The topological polar surface area (TPSA) is 92.5 Å². The summed E-state index contributed by atoms with van der Waals surface area (Å²) < 4.78 is 0. The molecule has 2 fully saturated rings. The summed E-state index contributed by atoms with van der Waals surface area (Å²) in [5.41, 5.74) is 11.1. The van der Waals surface area contributed by atoms with Crippen LogP contribution in [0, 0.1) is 10.8 Å². The van der Waals surface area contributed by atoms with Gasteiger partial charge in [-0.2, -0.15) is 0 Å². The van der Waals surface area contributed by atoms with Crippen LogP contribution in [0.25, 0.3) is 0 Å². The minimum absolute atomic E-state index is 0. The van der Waals surface area contributed by atoms with Crippen molar-refractivity contribution in [3.63, 3.8) is 0 Å². The van der Waals surface area contributed by atoms with E-state index in [-0.39, 0.29) is 59.9 Å². The van der Waals surface area contributed by atoms with Crippen LogP contribution in [-0.2, 0) is 0 Å². The molecule has 2 aliphatic rings. The predicted molar refractivity (Wildman–Crippen MR) is 79.3 cm³/mol. The molecule has 4 nitrogen and oxygen atoms in total. The van der Waals surface area contributed by atoms with E-state index in [1.807, 2.05) is 27.7 Å². The fraction of sp³-hybridized carbons (Fsp3) is 1.00. The normalized spacial score (nSPS) is 38.7. The fourth-order valence-electron chi connectivity index (χ4n) is 1.87. The van der Waals surface area contributed by atoms with Gasteiger partial charge in [0.1, 0.15) is 0 Å². The minimum Gasteiger partial charge on any atom is -0.392 e. The SMILES string of the molecule is CC1(C)[C@H](N)C[C@@H]1O.CC1(C)[C@H](O)C[C@@H]1N.Cl.Cl. The number of rotatable bonds is 0. The molecule has 2 aliphatic carbocycles. The first-order valence-corrected chi connectivity index (χ1v) is 5.97. The Morgan fingerprint density at radius 2 is 1.00 bits per heavy atom. The predicted octanol–water partition coefficient (Wildman–Crippen LogP) is 1.05. The first kappa shape index (κ1) is 20.7. The molecule has 6 heteroatoms. The molecule has 0 heterocycles. The van der Waals surface area contributed by atoms with Crippen LogP contribution in [0.15, 0.2) is 0 Å². The highest BCUT2D eigenvalue weighted by atomic mass is 35.5. The van der Waals surface area contributed by atoms with Gasteiger partial charge in [-0.3, -0.25) is 0 Å². The van der Waals surface area contributed by atoms with Crippen LogP contribution in [0.2, 0.25) is 0 Å². The van der Waals surface area contributed by atoms with Gasteiger partial charge in [0, 0.05) is 22.9 Å². The highest BCUT2D eigenvalue weighted by Gasteiger charge is 2.45. The van der Waals surface area contributed by atoms with E-state index in [1.54, 1.807) is 0 Å². The first-order chi connectivity index (χ1) is 7.10. The van der Waals surface area contributed by atoms with Gasteiger partial charge in [-0.05, 0) is 12.8 Å². The molecule has 0 spiro atoms. The Kier molecular flexibility index (Phi) is 7.75. The van der Waals surface area contributed by atoms with E-state index in [4.69, 9.17) is 21.7 Å². The molecule has 0 bridgehead atoms. The van der Waals surface area contributed by atoms with Gasteiger partial charge in [-0.1, -0.05) is 27.7 Å². The van der Waals surface area contributed by atoms with Gasteiger partial charge in [-0.25, -0.2) is 0 Å². The van der Waals surface area contributed by atoms with Gasteiger partial charge in [0.2, 0.25) is 0 Å². The maximum atomic E-state index is 9.07. The molecule has 0 aromatic carbocycles. The molecule has 6 N–H and O–H groups in total. The second-order valence-electron chi connectivity index (χ2n) is 6.36. The zero-order valence-electron chi connectivity index (χ0n) is 11.6. The smallest absolute Gasteiger partial charge is 0.0620 e. The van der Waals surface area contributed by atoms with Crippen LogP contribution in [0.1, 0.15) is 40.5 Å². The largest absolute Gasteiger partial charge is 0.392 e. The van der Waals surface area contributed by atoms with Crippen LogP contribution < -0.4 is 11.5 Å². The van der Waals surface area contributed by atoms with Crippen molar-refractivity contribution in [2.24, 2.45) is 22.3 Å². The molecule has 2 saturated carbocycles. The lowest BCUT2D eigenvalue weighted by Crippen LogP contribution is -2.57. The summed E-state index contributed by atoms with van der Waals surface area (Å²) in [4.78, 5) is 0. The Hall–Kier alpha value is 0.420. The quantitative estimate of drug-likeness (QED) is 0.538. The molecule has 0 aliphatic heterocycles. The van der Waals surface area contributed by atoms with E-state index in [1.165, 1.54) is 0 Å². The zero-order valence-corrected chi connectivity index (χ0v) is 13.2. The highest BCUT2D eigenvalue weighted by Crippen LogP contribution is 2.39. The van der Waals surface area contributed by atoms with Crippen LogP contribution in [0.5, 0.6) is 0 Å². The Labute approximate surface area is 122 Å². The van der Waals surface area contributed by atoms with E-state index in [9.17, 15) is 0 Å². The summed E-state index contributed by atoms with van der Waals surface area (Å²) in [5.74, 6) is 0. The summed E-state index contributed by atoms with van der Waals surface area (Å²) in [7, 11) is 0. The summed E-state index contributed by atoms with van der Waals surface area (Å²) in [6.45, 7) is 7.97. The number of aliphatic hydroxyl groups is 2. The van der Waals surface area contributed by atoms with E-state index in [0.717, 1.165) is 12.8 Å². The molecule has 0 amide bonds. The lowest BCUT2D eigenvalue weighted by molar-refractivity contribution is -0.0586. The molecule has 112 valence electrons. The first-order valence-electron chi connectivity index (χ1n) is 5.97. The fourth-order valence-corrected chi connectivity index (χ4v) is 1.87. The lowest BCUT2D eigenvalue weighted by atomic mass is 9.65. The van der Waals surface area contributed by atoms with Gasteiger partial charge >= 0.3 is 0 Å². The highest BCUT2D eigenvalue weighted by molar-refractivity contribution is 5.85. The van der Waals surface area contributed by atoms with Crippen molar-refractivity contribution < 1.29 is 10.2 Å². The van der Waals surface area contributed by atoms with Crippen molar-refractivity contribution in [2.75, 3.05) is 0 Å². The molecule has 0 unspecified atom stereocenters. The van der Waals surface area contributed by atoms with Gasteiger partial charge in [0.25, 0.3) is 0 Å². The molecule has 0 aromatic rings. The van der Waals surface area contributed by atoms with Crippen molar-refractivity contribution in [1.29, 1.82) is 0 Å². The maximum absolute atomic E-state index is 9.07. The van der Waals surface area contributed by atoms with Gasteiger partial charge in [0.15, 0.2) is 0 Å². The third-order valence-electron chi connectivity index (χ3n) is 4.58. The molecule has 4 atom stereocenters. The Morgan fingerprint density at radius 1 is 0.778 bits per heavy atom. The summed E-state index contributed by atoms with van der Waals surface area (Å²) in [5, 5.41) is 18.1. The van der Waals surface area contributed by atoms with Crippen molar-refractivity contribution in [3.8, 4) is 0 Å². The van der Waals surface area contributed by atoms with Crippen LogP contribution in [-0.4, -0.2) is 34.5 Å². The number of aliphatic hydroxyl groups excluding tert-OH is 2. The van der Waals surface area contributed by atoms with E-state index >= 15 is 0 Å². The average molecular weight is 303 g/mol. The zero-order chi connectivity index (χ0) is 12.7. The van der Waals surface area contributed by atoms with Gasteiger partial charge in [-0.15, -0.1) is 24.8 Å². The summed E-state index contributed by atoms with van der Waals surface area (Å²) >= 11 is 0. The molecule has 18 heavy (non-hydrogen) atoms. The second-order valence-corrected chi connectivity index (χ2v) is 6.36. The van der Waals surface area contributed by atoms with Crippen LogP contribution in [0.4, 0.5) is 0 Å². The van der Waals surface area contributed by atoms with Crippen LogP contribution >= 0.6 is 24.8 Å². The minimum atomic E-state index is -0.169. The third-order valence-corrected chi connectivity index (χ3v) is 4.58. The van der Waals surface area contributed by atoms with Gasteiger partial charge in [0.05, 0.1) is 12.2 Å². The Morgan fingerprint density at radius 3 is 1.00 bits per heavy atom. The molecular formula is C12H28Cl2N2O2. The van der Waals surface area contributed by atoms with Crippen molar-refractivity contribution in [1.82, 2.24) is 0 Å². The van der Waals surface area contributed by atoms with Crippen LogP contribution in [0.3, 0.4) is 0 Å². The van der Waals surface area contributed by atoms with Crippen molar-refractivity contribution in [3.05, 3.63) is 0 Å². The number of hydrogen-bond donors (Lipinski definition) is 4. The third kappa shape index (κ3) is 3.71. The standard InChI is InChI=1S/2C6H13NO.2ClH/c2*1-6(2)4(7)3-5(6)8;;/h2*4-5,8H,3,7H2,1-2H3;2*1H/t2*4-,5+;;/m10../s1. The monoisotopic (exact) mass is 302 g/mol. The molecule has 2 rings (SSSR count). The molecule has 0 aromatic heterocycles. The van der Waals surface area contributed by atoms with E-state index < -0.39 is 0 Å². The maximum Gasteiger partial charge on any atom is 0.0620 e.